The van der Waals surface area contributed by atoms with Crippen LogP contribution >= 0.6 is 11.8 Å². The van der Waals surface area contributed by atoms with E-state index >= 15 is 0 Å². The highest BCUT2D eigenvalue weighted by Gasteiger charge is 2.16. The highest BCUT2D eigenvalue weighted by Crippen LogP contribution is 2.25. The van der Waals surface area contributed by atoms with E-state index < -0.39 is 6.10 Å². The molecular weight excluding hydrogens is 381 g/mol. The van der Waals surface area contributed by atoms with Crippen LogP contribution in [0.1, 0.15) is 17.3 Å². The molecule has 6 nitrogen and oxygen atoms in total. The minimum absolute atomic E-state index is 0.0468. The average molecular weight is 401 g/mol. The van der Waals surface area contributed by atoms with Crippen LogP contribution in [0.25, 0.3) is 11.4 Å². The summed E-state index contributed by atoms with van der Waals surface area (Å²) in [5.41, 5.74) is 0.930. The van der Waals surface area contributed by atoms with E-state index in [0.29, 0.717) is 33.6 Å². The predicted octanol–water partition coefficient (Wildman–Crippen LogP) is 3.36. The SMILES string of the molecule is CC(=O)c1cccc(OC[C@@H](O)CSc2nnc(-c3ccccc3F)n2C)c1. The average Bonchev–Trinajstić information content (AvgIpc) is 3.05. The van der Waals surface area contributed by atoms with E-state index in [-0.39, 0.29) is 18.2 Å². The van der Waals surface area contributed by atoms with E-state index in [1.54, 1.807) is 54.1 Å². The zero-order valence-electron chi connectivity index (χ0n) is 15.5. The Hall–Kier alpha value is -2.71. The number of carbonyl (C=O) groups excluding carboxylic acids is 1. The summed E-state index contributed by atoms with van der Waals surface area (Å²) in [6.45, 7) is 1.56. The molecular formula is C20H20FN3O3S. The number of halogens is 1. The normalized spacial score (nSPS) is 12.0. The zero-order chi connectivity index (χ0) is 20.1. The summed E-state index contributed by atoms with van der Waals surface area (Å²) in [6, 6.07) is 13.2. The van der Waals surface area contributed by atoms with E-state index in [9.17, 15) is 14.3 Å². The topological polar surface area (TPSA) is 77.2 Å². The first kappa shape index (κ1) is 20.0. The molecule has 0 saturated carbocycles. The monoisotopic (exact) mass is 401 g/mol. The fourth-order valence-electron chi connectivity index (χ4n) is 2.53. The molecule has 0 amide bonds. The summed E-state index contributed by atoms with van der Waals surface area (Å²) in [6.07, 6.45) is -0.750. The van der Waals surface area contributed by atoms with Crippen molar-refractivity contribution in [3.05, 3.63) is 59.9 Å². The summed E-state index contributed by atoms with van der Waals surface area (Å²) in [5.74, 6) is 0.866. The van der Waals surface area contributed by atoms with Crippen molar-refractivity contribution in [3.8, 4) is 17.1 Å². The molecule has 1 N–H and O–H groups in total. The molecule has 0 saturated heterocycles. The number of ketones is 1. The third-order valence-corrected chi connectivity index (χ3v) is 5.20. The Morgan fingerprint density at radius 1 is 1.25 bits per heavy atom. The quantitative estimate of drug-likeness (QED) is 0.461. The molecule has 28 heavy (non-hydrogen) atoms. The number of carbonyl (C=O) groups is 1. The third-order valence-electron chi connectivity index (χ3n) is 4.04. The molecule has 0 fully saturated rings. The van der Waals surface area contributed by atoms with Gasteiger partial charge in [-0.2, -0.15) is 0 Å². The molecule has 146 valence electrons. The Bertz CT molecular complexity index is 977. The highest BCUT2D eigenvalue weighted by molar-refractivity contribution is 7.99. The molecule has 0 bridgehead atoms. The lowest BCUT2D eigenvalue weighted by Gasteiger charge is -2.12. The summed E-state index contributed by atoms with van der Waals surface area (Å²) in [5, 5.41) is 18.9. The van der Waals surface area contributed by atoms with Gasteiger partial charge in [0.05, 0.1) is 11.7 Å². The molecule has 0 unspecified atom stereocenters. The standard InChI is InChI=1S/C20H20FN3O3S/c1-13(25)14-6-5-7-16(10-14)27-11-15(26)12-28-20-23-22-19(24(20)2)17-8-3-4-9-18(17)21/h3-10,15,26H,11-12H2,1-2H3/t15-/m1/s1. The van der Waals surface area contributed by atoms with Crippen LogP contribution in [0.15, 0.2) is 53.7 Å². The van der Waals surface area contributed by atoms with Crippen LogP contribution < -0.4 is 4.74 Å². The summed E-state index contributed by atoms with van der Waals surface area (Å²) >= 11 is 1.30. The molecule has 1 atom stereocenters. The number of hydrogen-bond acceptors (Lipinski definition) is 6. The number of aliphatic hydroxyl groups excluding tert-OH is 1. The second-order valence-electron chi connectivity index (χ2n) is 6.20. The van der Waals surface area contributed by atoms with Crippen molar-refractivity contribution in [2.24, 2.45) is 7.05 Å². The van der Waals surface area contributed by atoms with Crippen molar-refractivity contribution in [1.82, 2.24) is 14.8 Å². The Morgan fingerprint density at radius 3 is 2.79 bits per heavy atom. The second kappa shape index (κ2) is 8.99. The minimum atomic E-state index is -0.750. The first-order valence-corrected chi connectivity index (χ1v) is 9.63. The Morgan fingerprint density at radius 2 is 2.04 bits per heavy atom. The van der Waals surface area contributed by atoms with Gasteiger partial charge in [-0.05, 0) is 31.2 Å². The number of thioether (sulfide) groups is 1. The third kappa shape index (κ3) is 4.76. The van der Waals surface area contributed by atoms with E-state index in [2.05, 4.69) is 10.2 Å². The van der Waals surface area contributed by atoms with Gasteiger partial charge >= 0.3 is 0 Å². The molecule has 1 heterocycles. The molecule has 3 rings (SSSR count). The predicted molar refractivity (Wildman–Crippen MR) is 105 cm³/mol. The van der Waals surface area contributed by atoms with Gasteiger partial charge in [-0.1, -0.05) is 36.0 Å². The summed E-state index contributed by atoms with van der Waals surface area (Å²) < 4.78 is 21.2. The summed E-state index contributed by atoms with van der Waals surface area (Å²) in [4.78, 5) is 11.4. The van der Waals surface area contributed by atoms with Gasteiger partial charge in [-0.15, -0.1) is 10.2 Å². The van der Waals surface area contributed by atoms with Gasteiger partial charge < -0.3 is 14.4 Å². The zero-order valence-corrected chi connectivity index (χ0v) is 16.3. The molecule has 0 aliphatic carbocycles. The lowest BCUT2D eigenvalue weighted by atomic mass is 10.1. The fourth-order valence-corrected chi connectivity index (χ4v) is 3.35. The first-order chi connectivity index (χ1) is 13.5. The number of Topliss-reactive ketones (excluding diaryl/α,β-unsaturated/α-hetero) is 1. The molecule has 1 aromatic heterocycles. The first-order valence-electron chi connectivity index (χ1n) is 8.64. The Balaban J connectivity index is 1.57. The second-order valence-corrected chi connectivity index (χ2v) is 7.19. The smallest absolute Gasteiger partial charge is 0.191 e. The van der Waals surface area contributed by atoms with Gasteiger partial charge in [0.25, 0.3) is 0 Å². The van der Waals surface area contributed by atoms with Crippen molar-refractivity contribution in [2.45, 2.75) is 18.2 Å². The summed E-state index contributed by atoms with van der Waals surface area (Å²) in [7, 11) is 1.75. The van der Waals surface area contributed by atoms with Crippen LogP contribution in [-0.2, 0) is 7.05 Å². The van der Waals surface area contributed by atoms with Crippen molar-refractivity contribution in [3.63, 3.8) is 0 Å². The van der Waals surface area contributed by atoms with Gasteiger partial charge in [0.2, 0.25) is 0 Å². The number of aliphatic hydroxyl groups is 1. The van der Waals surface area contributed by atoms with Gasteiger partial charge in [0.1, 0.15) is 18.2 Å². The van der Waals surface area contributed by atoms with Crippen molar-refractivity contribution in [1.29, 1.82) is 0 Å². The van der Waals surface area contributed by atoms with Crippen molar-refractivity contribution in [2.75, 3.05) is 12.4 Å². The highest BCUT2D eigenvalue weighted by atomic mass is 32.2. The number of ether oxygens (including phenoxy) is 1. The Labute approximate surface area is 166 Å². The molecule has 0 aliphatic heterocycles. The maximum absolute atomic E-state index is 14.0. The van der Waals surface area contributed by atoms with Gasteiger partial charge in [-0.3, -0.25) is 4.79 Å². The van der Waals surface area contributed by atoms with Crippen LogP contribution in [0.3, 0.4) is 0 Å². The number of aromatic nitrogens is 3. The lowest BCUT2D eigenvalue weighted by Crippen LogP contribution is -2.20. The van der Waals surface area contributed by atoms with E-state index in [1.165, 1.54) is 24.8 Å². The van der Waals surface area contributed by atoms with E-state index in [1.807, 2.05) is 0 Å². The molecule has 2 aromatic carbocycles. The number of hydrogen-bond donors (Lipinski definition) is 1. The maximum atomic E-state index is 14.0. The fraction of sp³-hybridized carbons (Fsp3) is 0.250. The van der Waals surface area contributed by atoms with Gasteiger partial charge in [0, 0.05) is 18.4 Å². The van der Waals surface area contributed by atoms with Gasteiger partial charge in [-0.25, -0.2) is 4.39 Å². The molecule has 8 heteroatoms. The van der Waals surface area contributed by atoms with E-state index in [0.717, 1.165) is 0 Å². The largest absolute Gasteiger partial charge is 0.491 e. The van der Waals surface area contributed by atoms with Crippen LogP contribution in [0.4, 0.5) is 4.39 Å². The number of rotatable bonds is 8. The van der Waals surface area contributed by atoms with Crippen LogP contribution in [-0.4, -0.2) is 44.1 Å². The van der Waals surface area contributed by atoms with Crippen molar-refractivity contribution >= 4 is 17.5 Å². The van der Waals surface area contributed by atoms with Crippen molar-refractivity contribution < 1.29 is 19.0 Å². The van der Waals surface area contributed by atoms with Crippen LogP contribution in [0, 0.1) is 5.82 Å². The van der Waals surface area contributed by atoms with Gasteiger partial charge in [0.15, 0.2) is 16.8 Å². The minimum Gasteiger partial charge on any atom is -0.491 e. The number of nitrogens with zero attached hydrogens (tertiary/aromatic N) is 3. The number of benzene rings is 2. The van der Waals surface area contributed by atoms with Crippen LogP contribution in [0.2, 0.25) is 0 Å². The lowest BCUT2D eigenvalue weighted by molar-refractivity contribution is 0.101. The molecule has 0 aliphatic rings. The Kier molecular flexibility index (Phi) is 6.43. The van der Waals surface area contributed by atoms with Crippen LogP contribution in [0.5, 0.6) is 5.75 Å². The molecule has 3 aromatic rings. The molecule has 0 radical (unpaired) electrons. The van der Waals surface area contributed by atoms with E-state index in [4.69, 9.17) is 4.74 Å². The molecule has 0 spiro atoms. The maximum Gasteiger partial charge on any atom is 0.191 e.